The van der Waals surface area contributed by atoms with Gasteiger partial charge in [-0.2, -0.15) is 0 Å². The SMILES string of the molecule is COc1ccc(CC(=O)C2C3CCCCC32)cc1Br. The minimum absolute atomic E-state index is 0.364. The summed E-state index contributed by atoms with van der Waals surface area (Å²) in [6.07, 6.45) is 5.75. The molecule has 2 fully saturated rings. The Balaban J connectivity index is 1.65. The number of hydrogen-bond acceptors (Lipinski definition) is 2. The van der Waals surface area contributed by atoms with Crippen LogP contribution in [-0.2, 0) is 11.2 Å². The first kappa shape index (κ1) is 13.2. The Bertz CT molecular complexity index is 486. The largest absolute Gasteiger partial charge is 0.496 e. The molecule has 2 saturated carbocycles. The van der Waals surface area contributed by atoms with Gasteiger partial charge in [0.2, 0.25) is 0 Å². The maximum atomic E-state index is 12.4. The Kier molecular flexibility index (Phi) is 3.66. The third-order valence-corrected chi connectivity index (χ3v) is 5.24. The zero-order chi connectivity index (χ0) is 13.4. The van der Waals surface area contributed by atoms with Crippen LogP contribution in [0.25, 0.3) is 0 Å². The molecule has 102 valence electrons. The zero-order valence-corrected chi connectivity index (χ0v) is 12.8. The molecule has 0 radical (unpaired) electrons. The lowest BCUT2D eigenvalue weighted by atomic mass is 10.0. The molecule has 0 amide bonds. The molecular weight excluding hydrogens is 304 g/mol. The average molecular weight is 323 g/mol. The van der Waals surface area contributed by atoms with Gasteiger partial charge in [-0.15, -0.1) is 0 Å². The van der Waals surface area contributed by atoms with Gasteiger partial charge in [-0.05, 0) is 58.3 Å². The summed E-state index contributed by atoms with van der Waals surface area (Å²) in [5.41, 5.74) is 1.08. The molecule has 2 aliphatic rings. The topological polar surface area (TPSA) is 26.3 Å². The normalized spacial score (nSPS) is 28.6. The van der Waals surface area contributed by atoms with E-state index in [4.69, 9.17) is 4.74 Å². The minimum Gasteiger partial charge on any atom is -0.496 e. The summed E-state index contributed by atoms with van der Waals surface area (Å²) in [7, 11) is 1.65. The molecule has 0 heterocycles. The monoisotopic (exact) mass is 322 g/mol. The first-order chi connectivity index (χ1) is 9.20. The van der Waals surface area contributed by atoms with Gasteiger partial charge in [-0.1, -0.05) is 18.9 Å². The number of rotatable bonds is 4. The van der Waals surface area contributed by atoms with Crippen molar-refractivity contribution in [2.24, 2.45) is 17.8 Å². The number of fused-ring (bicyclic) bond motifs is 1. The van der Waals surface area contributed by atoms with E-state index in [9.17, 15) is 4.79 Å². The number of carbonyl (C=O) groups excluding carboxylic acids is 1. The molecule has 2 nitrogen and oxygen atoms in total. The van der Waals surface area contributed by atoms with E-state index in [1.54, 1.807) is 7.11 Å². The second-order valence-corrected chi connectivity index (χ2v) is 6.60. The molecule has 1 aromatic carbocycles. The van der Waals surface area contributed by atoms with E-state index in [1.807, 2.05) is 18.2 Å². The molecule has 0 spiro atoms. The lowest BCUT2D eigenvalue weighted by molar-refractivity contribution is -0.120. The van der Waals surface area contributed by atoms with Crippen LogP contribution in [0.15, 0.2) is 22.7 Å². The molecule has 2 atom stereocenters. The van der Waals surface area contributed by atoms with Gasteiger partial charge < -0.3 is 4.74 Å². The second kappa shape index (κ2) is 5.28. The van der Waals surface area contributed by atoms with Gasteiger partial charge >= 0.3 is 0 Å². The van der Waals surface area contributed by atoms with Gasteiger partial charge in [0.1, 0.15) is 11.5 Å². The number of ketones is 1. The highest BCUT2D eigenvalue weighted by Gasteiger charge is 2.53. The zero-order valence-electron chi connectivity index (χ0n) is 11.2. The average Bonchev–Trinajstić information content (AvgIpc) is 3.13. The third kappa shape index (κ3) is 2.58. The van der Waals surface area contributed by atoms with E-state index in [-0.39, 0.29) is 0 Å². The van der Waals surface area contributed by atoms with Crippen molar-refractivity contribution in [1.29, 1.82) is 0 Å². The van der Waals surface area contributed by atoms with Crippen LogP contribution < -0.4 is 4.74 Å². The van der Waals surface area contributed by atoms with Crippen molar-refractivity contribution in [3.63, 3.8) is 0 Å². The first-order valence-electron chi connectivity index (χ1n) is 7.06. The Morgan fingerprint density at radius 2 is 2.00 bits per heavy atom. The number of carbonyl (C=O) groups is 1. The highest BCUT2D eigenvalue weighted by atomic mass is 79.9. The highest BCUT2D eigenvalue weighted by molar-refractivity contribution is 9.10. The molecule has 2 aliphatic carbocycles. The number of Topliss-reactive ketones (excluding diaryl/α,β-unsaturated/α-hetero) is 1. The number of benzene rings is 1. The lowest BCUT2D eigenvalue weighted by Gasteiger charge is -2.06. The number of hydrogen-bond donors (Lipinski definition) is 0. The summed E-state index contributed by atoms with van der Waals surface area (Å²) in [6, 6.07) is 5.92. The van der Waals surface area contributed by atoms with E-state index >= 15 is 0 Å². The molecule has 2 unspecified atom stereocenters. The predicted molar refractivity (Wildman–Crippen MR) is 78.3 cm³/mol. The smallest absolute Gasteiger partial charge is 0.140 e. The van der Waals surface area contributed by atoms with Crippen LogP contribution in [0.1, 0.15) is 31.2 Å². The predicted octanol–water partition coefficient (Wildman–Crippen LogP) is 4.01. The molecule has 3 rings (SSSR count). The van der Waals surface area contributed by atoms with Gasteiger partial charge in [0, 0.05) is 12.3 Å². The molecule has 0 aromatic heterocycles. The Labute approximate surface area is 122 Å². The van der Waals surface area contributed by atoms with Gasteiger partial charge in [-0.25, -0.2) is 0 Å². The fourth-order valence-corrected chi connectivity index (χ4v) is 4.20. The van der Waals surface area contributed by atoms with Crippen LogP contribution in [0.5, 0.6) is 5.75 Å². The van der Waals surface area contributed by atoms with Crippen molar-refractivity contribution in [2.75, 3.05) is 7.11 Å². The molecular formula is C16H19BrO2. The molecule has 3 heteroatoms. The maximum absolute atomic E-state index is 12.4. The Morgan fingerprint density at radius 1 is 1.32 bits per heavy atom. The van der Waals surface area contributed by atoms with Crippen LogP contribution in [0.2, 0.25) is 0 Å². The molecule has 0 aliphatic heterocycles. The van der Waals surface area contributed by atoms with Gasteiger partial charge in [0.15, 0.2) is 0 Å². The van der Waals surface area contributed by atoms with Crippen molar-refractivity contribution in [3.05, 3.63) is 28.2 Å². The molecule has 1 aromatic rings. The van der Waals surface area contributed by atoms with Crippen LogP contribution in [0.4, 0.5) is 0 Å². The van der Waals surface area contributed by atoms with Crippen LogP contribution >= 0.6 is 15.9 Å². The maximum Gasteiger partial charge on any atom is 0.140 e. The van der Waals surface area contributed by atoms with E-state index in [0.29, 0.717) is 30.0 Å². The summed E-state index contributed by atoms with van der Waals surface area (Å²) < 4.78 is 6.13. The summed E-state index contributed by atoms with van der Waals surface area (Å²) in [6.45, 7) is 0. The van der Waals surface area contributed by atoms with Crippen molar-refractivity contribution in [3.8, 4) is 5.75 Å². The quantitative estimate of drug-likeness (QED) is 0.837. The van der Waals surface area contributed by atoms with E-state index in [1.165, 1.54) is 25.7 Å². The first-order valence-corrected chi connectivity index (χ1v) is 7.85. The summed E-state index contributed by atoms with van der Waals surface area (Å²) in [4.78, 5) is 12.4. The van der Waals surface area contributed by atoms with Crippen molar-refractivity contribution in [1.82, 2.24) is 0 Å². The summed E-state index contributed by atoms with van der Waals surface area (Å²) >= 11 is 3.47. The van der Waals surface area contributed by atoms with Crippen LogP contribution in [-0.4, -0.2) is 12.9 Å². The van der Waals surface area contributed by atoms with Gasteiger partial charge in [0.25, 0.3) is 0 Å². The minimum atomic E-state index is 0.364. The van der Waals surface area contributed by atoms with Crippen molar-refractivity contribution >= 4 is 21.7 Å². The molecule has 0 saturated heterocycles. The standard InChI is InChI=1S/C16H19BrO2/c1-19-15-7-6-10(8-13(15)17)9-14(18)16-11-4-2-3-5-12(11)16/h6-8,11-12,16H,2-5,9H2,1H3. The third-order valence-electron chi connectivity index (χ3n) is 4.62. The highest BCUT2D eigenvalue weighted by Crippen LogP contribution is 2.56. The van der Waals surface area contributed by atoms with E-state index in [2.05, 4.69) is 15.9 Å². The van der Waals surface area contributed by atoms with Crippen molar-refractivity contribution in [2.45, 2.75) is 32.1 Å². The van der Waals surface area contributed by atoms with E-state index < -0.39 is 0 Å². The lowest BCUT2D eigenvalue weighted by Crippen LogP contribution is -2.07. The number of methoxy groups -OCH3 is 1. The Morgan fingerprint density at radius 3 is 2.58 bits per heavy atom. The number of halogens is 1. The van der Waals surface area contributed by atoms with E-state index in [0.717, 1.165) is 15.8 Å². The van der Waals surface area contributed by atoms with Gasteiger partial charge in [0.05, 0.1) is 11.6 Å². The fraction of sp³-hybridized carbons (Fsp3) is 0.562. The summed E-state index contributed by atoms with van der Waals surface area (Å²) in [5, 5.41) is 0. The molecule has 0 bridgehead atoms. The van der Waals surface area contributed by atoms with Crippen molar-refractivity contribution < 1.29 is 9.53 Å². The van der Waals surface area contributed by atoms with Crippen LogP contribution in [0.3, 0.4) is 0 Å². The fourth-order valence-electron chi connectivity index (χ4n) is 3.61. The Hall–Kier alpha value is -0.830. The second-order valence-electron chi connectivity index (χ2n) is 5.75. The molecule has 19 heavy (non-hydrogen) atoms. The number of ether oxygens (including phenoxy) is 1. The molecule has 0 N–H and O–H groups in total. The van der Waals surface area contributed by atoms with Gasteiger partial charge in [-0.3, -0.25) is 4.79 Å². The van der Waals surface area contributed by atoms with Crippen LogP contribution in [0, 0.1) is 17.8 Å². The summed E-state index contributed by atoms with van der Waals surface area (Å²) in [5.74, 6) is 3.04.